The van der Waals surface area contributed by atoms with Gasteiger partial charge in [0.2, 0.25) is 11.8 Å². The van der Waals surface area contributed by atoms with Crippen molar-refractivity contribution in [3.8, 4) is 0 Å². The first kappa shape index (κ1) is 17.4. The van der Waals surface area contributed by atoms with Gasteiger partial charge in [0.25, 0.3) is 0 Å². The highest BCUT2D eigenvalue weighted by Gasteiger charge is 2.24. The fourth-order valence-electron chi connectivity index (χ4n) is 2.51. The number of likely N-dealkylation sites (N-methyl/N-ethyl adjacent to an activating group) is 1. The van der Waals surface area contributed by atoms with Crippen molar-refractivity contribution >= 4 is 39.7 Å². The van der Waals surface area contributed by atoms with E-state index in [2.05, 4.69) is 22.5 Å². The topological polar surface area (TPSA) is 91.1 Å². The molecule has 0 aromatic carbocycles. The maximum atomic E-state index is 10.8. The standard InChI is InChI=1S/C10H11NOS.C6H10N2O2/c1-5-6(2)11-9-8(4-12)7(3)13-10(5)9;1-7-4-2-3-5(9)8-6(4)10/h4,11H,1-3H3;4,7H,2-3H2,1H3,(H,8,9,10). The maximum absolute atomic E-state index is 10.8. The summed E-state index contributed by atoms with van der Waals surface area (Å²) in [5, 5.41) is 5.05. The molecule has 0 radical (unpaired) electrons. The van der Waals surface area contributed by atoms with Gasteiger partial charge in [-0.3, -0.25) is 19.7 Å². The van der Waals surface area contributed by atoms with Crippen LogP contribution in [-0.2, 0) is 9.59 Å². The highest BCUT2D eigenvalue weighted by Crippen LogP contribution is 2.33. The van der Waals surface area contributed by atoms with Crippen LogP contribution in [0.3, 0.4) is 0 Å². The summed E-state index contributed by atoms with van der Waals surface area (Å²) in [5.41, 5.74) is 4.24. The van der Waals surface area contributed by atoms with E-state index in [0.29, 0.717) is 12.8 Å². The van der Waals surface area contributed by atoms with Gasteiger partial charge in [0.05, 0.1) is 21.8 Å². The lowest BCUT2D eigenvalue weighted by atomic mass is 10.1. The predicted octanol–water partition coefficient (Wildman–Crippen LogP) is 1.98. The number of nitrogens with one attached hydrogen (secondary N) is 3. The predicted molar refractivity (Wildman–Crippen MR) is 91.0 cm³/mol. The molecule has 1 saturated heterocycles. The molecule has 1 aliphatic heterocycles. The molecular formula is C16H21N3O3S. The summed E-state index contributed by atoms with van der Waals surface area (Å²) >= 11 is 1.69. The van der Waals surface area contributed by atoms with E-state index in [1.165, 1.54) is 10.3 Å². The van der Waals surface area contributed by atoms with Crippen LogP contribution in [0.5, 0.6) is 0 Å². The van der Waals surface area contributed by atoms with Gasteiger partial charge in [0, 0.05) is 17.0 Å². The van der Waals surface area contributed by atoms with E-state index >= 15 is 0 Å². The minimum absolute atomic E-state index is 0.170. The first-order valence-corrected chi connectivity index (χ1v) is 8.25. The Morgan fingerprint density at radius 2 is 1.96 bits per heavy atom. The van der Waals surface area contributed by atoms with Gasteiger partial charge in [-0.05, 0) is 39.8 Å². The Morgan fingerprint density at radius 1 is 1.26 bits per heavy atom. The fourth-order valence-corrected chi connectivity index (χ4v) is 3.64. The lowest BCUT2D eigenvalue weighted by Gasteiger charge is -2.19. The average Bonchev–Trinajstić information content (AvgIpc) is 2.95. The fraction of sp³-hybridized carbons (Fsp3) is 0.438. The molecule has 2 amide bonds. The number of thiophene rings is 1. The number of H-pyrrole nitrogens is 1. The van der Waals surface area contributed by atoms with Crippen molar-refractivity contribution in [1.82, 2.24) is 15.6 Å². The molecule has 0 saturated carbocycles. The van der Waals surface area contributed by atoms with Crippen LogP contribution in [0.25, 0.3) is 10.2 Å². The molecular weight excluding hydrogens is 314 g/mol. The Bertz CT molecular complexity index is 760. The molecule has 1 aliphatic rings. The highest BCUT2D eigenvalue weighted by atomic mass is 32.1. The highest BCUT2D eigenvalue weighted by molar-refractivity contribution is 7.19. The van der Waals surface area contributed by atoms with Crippen LogP contribution in [-0.4, -0.2) is 36.2 Å². The number of fused-ring (bicyclic) bond motifs is 1. The molecule has 0 spiro atoms. The van der Waals surface area contributed by atoms with Crippen LogP contribution >= 0.6 is 11.3 Å². The number of aromatic nitrogens is 1. The van der Waals surface area contributed by atoms with Crippen molar-refractivity contribution in [2.45, 2.75) is 39.7 Å². The van der Waals surface area contributed by atoms with Gasteiger partial charge < -0.3 is 10.3 Å². The van der Waals surface area contributed by atoms with E-state index in [1.54, 1.807) is 18.4 Å². The number of piperidine rings is 1. The van der Waals surface area contributed by atoms with Crippen LogP contribution in [0.15, 0.2) is 0 Å². The Hall–Kier alpha value is -1.99. The zero-order valence-electron chi connectivity index (χ0n) is 13.7. The molecule has 2 aromatic heterocycles. The molecule has 2 aromatic rings. The third-order valence-corrected chi connectivity index (χ3v) is 5.29. The second kappa shape index (κ2) is 7.06. The van der Waals surface area contributed by atoms with Gasteiger partial charge in [-0.2, -0.15) is 0 Å². The van der Waals surface area contributed by atoms with Gasteiger partial charge in [-0.1, -0.05) is 0 Å². The van der Waals surface area contributed by atoms with E-state index < -0.39 is 0 Å². The number of aromatic amines is 1. The second-order valence-electron chi connectivity index (χ2n) is 5.56. The molecule has 3 N–H and O–H groups in total. The van der Waals surface area contributed by atoms with Crippen molar-refractivity contribution in [2.75, 3.05) is 7.05 Å². The number of rotatable bonds is 2. The van der Waals surface area contributed by atoms with E-state index in [0.717, 1.165) is 27.9 Å². The lowest BCUT2D eigenvalue weighted by molar-refractivity contribution is -0.134. The molecule has 3 rings (SSSR count). The molecule has 1 fully saturated rings. The first-order chi connectivity index (χ1) is 10.9. The largest absolute Gasteiger partial charge is 0.357 e. The first-order valence-electron chi connectivity index (χ1n) is 7.43. The van der Waals surface area contributed by atoms with Gasteiger partial charge in [0.1, 0.15) is 0 Å². The summed E-state index contributed by atoms with van der Waals surface area (Å²) in [4.78, 5) is 36.6. The normalized spacial score (nSPS) is 17.7. The van der Waals surface area contributed by atoms with Crippen LogP contribution in [0.1, 0.15) is 39.3 Å². The molecule has 0 aliphatic carbocycles. The zero-order valence-corrected chi connectivity index (χ0v) is 14.5. The molecule has 3 heterocycles. The second-order valence-corrected chi connectivity index (χ2v) is 6.79. The lowest BCUT2D eigenvalue weighted by Crippen LogP contribution is -2.49. The van der Waals surface area contributed by atoms with Crippen LogP contribution in [0, 0.1) is 20.8 Å². The number of hydrogen-bond donors (Lipinski definition) is 3. The quantitative estimate of drug-likeness (QED) is 0.578. The Balaban J connectivity index is 0.000000174. The van der Waals surface area contributed by atoms with Crippen molar-refractivity contribution in [3.05, 3.63) is 21.7 Å². The summed E-state index contributed by atoms with van der Waals surface area (Å²) in [6, 6.07) is -0.183. The third kappa shape index (κ3) is 3.51. The van der Waals surface area contributed by atoms with Crippen molar-refractivity contribution in [1.29, 1.82) is 0 Å². The number of aryl methyl sites for hydroxylation is 3. The van der Waals surface area contributed by atoms with Crippen LogP contribution in [0.2, 0.25) is 0 Å². The maximum Gasteiger partial charge on any atom is 0.243 e. The van der Waals surface area contributed by atoms with E-state index in [4.69, 9.17) is 0 Å². The Kier molecular flexibility index (Phi) is 5.33. The van der Waals surface area contributed by atoms with Crippen molar-refractivity contribution in [3.63, 3.8) is 0 Å². The molecule has 124 valence electrons. The zero-order chi connectivity index (χ0) is 17.1. The van der Waals surface area contributed by atoms with Crippen LogP contribution in [0.4, 0.5) is 0 Å². The number of imide groups is 1. The van der Waals surface area contributed by atoms with Crippen molar-refractivity contribution in [2.24, 2.45) is 0 Å². The molecule has 6 nitrogen and oxygen atoms in total. The third-order valence-electron chi connectivity index (χ3n) is 4.05. The smallest absolute Gasteiger partial charge is 0.243 e. The summed E-state index contributed by atoms with van der Waals surface area (Å²) in [5.74, 6) is -0.379. The minimum atomic E-state index is -0.209. The summed E-state index contributed by atoms with van der Waals surface area (Å²) in [6.07, 6.45) is 1.99. The summed E-state index contributed by atoms with van der Waals surface area (Å²) < 4.78 is 1.22. The van der Waals surface area contributed by atoms with Gasteiger partial charge in [-0.25, -0.2) is 0 Å². The monoisotopic (exact) mass is 335 g/mol. The Morgan fingerprint density at radius 3 is 2.52 bits per heavy atom. The number of hydrogen-bond acceptors (Lipinski definition) is 5. The van der Waals surface area contributed by atoms with Gasteiger partial charge in [0.15, 0.2) is 6.29 Å². The molecule has 1 atom stereocenters. The number of carbonyl (C=O) groups excluding carboxylic acids is 3. The van der Waals surface area contributed by atoms with Crippen LogP contribution < -0.4 is 10.6 Å². The van der Waals surface area contributed by atoms with Gasteiger partial charge >= 0.3 is 0 Å². The number of aldehydes is 1. The molecule has 23 heavy (non-hydrogen) atoms. The summed E-state index contributed by atoms with van der Waals surface area (Å²) in [7, 11) is 1.71. The van der Waals surface area contributed by atoms with E-state index in [-0.39, 0.29) is 17.9 Å². The van der Waals surface area contributed by atoms with E-state index in [9.17, 15) is 14.4 Å². The molecule has 0 bridgehead atoms. The Labute approximate surface area is 138 Å². The molecule has 1 unspecified atom stereocenters. The minimum Gasteiger partial charge on any atom is -0.357 e. The number of amides is 2. The summed E-state index contributed by atoms with van der Waals surface area (Å²) in [6.45, 7) is 6.10. The SMILES string of the molecule is CNC1CCC(=O)NC1=O.Cc1[nH]c2c(C=O)c(C)sc2c1C. The van der Waals surface area contributed by atoms with E-state index in [1.807, 2.05) is 13.8 Å². The van der Waals surface area contributed by atoms with Crippen molar-refractivity contribution < 1.29 is 14.4 Å². The molecule has 7 heteroatoms. The van der Waals surface area contributed by atoms with Gasteiger partial charge in [-0.15, -0.1) is 11.3 Å². The number of carbonyl (C=O) groups is 3. The average molecular weight is 335 g/mol.